The summed E-state index contributed by atoms with van der Waals surface area (Å²) in [5.41, 5.74) is 3.42. The molecular formula is C20H32N2O3. The Morgan fingerprint density at radius 2 is 1.88 bits per heavy atom. The number of carbonyl (C=O) groups excluding carboxylic acids is 1. The summed E-state index contributed by atoms with van der Waals surface area (Å²) in [7, 11) is 1.60. The highest BCUT2D eigenvalue weighted by molar-refractivity contribution is 5.83. The second-order valence-corrected chi connectivity index (χ2v) is 6.39. The predicted octanol–water partition coefficient (Wildman–Crippen LogP) is 4.68. The maximum absolute atomic E-state index is 11.8. The van der Waals surface area contributed by atoms with E-state index in [1.165, 1.54) is 25.7 Å². The summed E-state index contributed by atoms with van der Waals surface area (Å²) < 4.78 is 11.0. The zero-order valence-electron chi connectivity index (χ0n) is 16.0. The Morgan fingerprint density at radius 1 is 1.16 bits per heavy atom. The van der Waals surface area contributed by atoms with Gasteiger partial charge in [0.05, 0.1) is 19.4 Å². The van der Waals surface area contributed by atoms with E-state index in [1.54, 1.807) is 13.3 Å². The number of ether oxygens (including phenoxy) is 2. The van der Waals surface area contributed by atoms with Crippen molar-refractivity contribution in [2.75, 3.05) is 7.11 Å². The summed E-state index contributed by atoms with van der Waals surface area (Å²) >= 11 is 0. The van der Waals surface area contributed by atoms with Gasteiger partial charge in [-0.25, -0.2) is 5.43 Å². The fourth-order valence-corrected chi connectivity index (χ4v) is 2.42. The average molecular weight is 348 g/mol. The van der Waals surface area contributed by atoms with Crippen LogP contribution in [0.5, 0.6) is 11.5 Å². The molecule has 0 aliphatic carbocycles. The molecule has 1 aromatic rings. The van der Waals surface area contributed by atoms with E-state index < -0.39 is 0 Å². The smallest absolute Gasteiger partial charge is 0.240 e. The largest absolute Gasteiger partial charge is 0.493 e. The molecule has 140 valence electrons. The van der Waals surface area contributed by atoms with Gasteiger partial charge in [0.1, 0.15) is 0 Å². The van der Waals surface area contributed by atoms with Crippen LogP contribution in [0.2, 0.25) is 0 Å². The van der Waals surface area contributed by atoms with Crippen LogP contribution in [0.25, 0.3) is 0 Å². The van der Waals surface area contributed by atoms with Crippen LogP contribution < -0.4 is 14.9 Å². The number of nitrogens with zero attached hydrogens (tertiary/aromatic N) is 1. The number of unbranched alkanes of at least 4 members (excludes halogenated alkanes) is 5. The summed E-state index contributed by atoms with van der Waals surface area (Å²) in [4.78, 5) is 11.8. The number of amides is 1. The summed E-state index contributed by atoms with van der Waals surface area (Å²) in [6.45, 7) is 6.13. The lowest BCUT2D eigenvalue weighted by Gasteiger charge is -2.13. The van der Waals surface area contributed by atoms with Crippen LogP contribution in [-0.2, 0) is 4.79 Å². The van der Waals surface area contributed by atoms with Crippen LogP contribution >= 0.6 is 0 Å². The van der Waals surface area contributed by atoms with E-state index in [4.69, 9.17) is 9.47 Å². The third-order valence-electron chi connectivity index (χ3n) is 3.71. The van der Waals surface area contributed by atoms with Crippen molar-refractivity contribution >= 4 is 12.1 Å². The molecule has 0 radical (unpaired) electrons. The first-order valence-corrected chi connectivity index (χ1v) is 9.23. The number of hydrogen-bond acceptors (Lipinski definition) is 4. The highest BCUT2D eigenvalue weighted by atomic mass is 16.5. The molecule has 0 aromatic heterocycles. The van der Waals surface area contributed by atoms with Gasteiger partial charge >= 0.3 is 0 Å². The molecule has 1 N–H and O–H groups in total. The lowest BCUT2D eigenvalue weighted by atomic mass is 10.1. The Balaban J connectivity index is 2.38. The van der Waals surface area contributed by atoms with E-state index in [9.17, 15) is 4.79 Å². The Morgan fingerprint density at radius 3 is 2.56 bits per heavy atom. The molecule has 0 bridgehead atoms. The summed E-state index contributed by atoms with van der Waals surface area (Å²) in [5, 5.41) is 4.01. The van der Waals surface area contributed by atoms with Crippen molar-refractivity contribution in [2.24, 2.45) is 5.10 Å². The van der Waals surface area contributed by atoms with Crippen molar-refractivity contribution < 1.29 is 14.3 Å². The maximum Gasteiger partial charge on any atom is 0.240 e. The molecule has 0 saturated carbocycles. The lowest BCUT2D eigenvalue weighted by Crippen LogP contribution is -2.16. The monoisotopic (exact) mass is 348 g/mol. The van der Waals surface area contributed by atoms with E-state index >= 15 is 0 Å². The zero-order valence-corrected chi connectivity index (χ0v) is 16.0. The quantitative estimate of drug-likeness (QED) is 0.339. The fraction of sp³-hybridized carbons (Fsp3) is 0.600. The maximum atomic E-state index is 11.8. The number of nitrogens with one attached hydrogen (secondary N) is 1. The van der Waals surface area contributed by atoms with Crippen LogP contribution in [-0.4, -0.2) is 25.3 Å². The SMILES string of the molecule is CCCCCCCCC(=O)N/N=C/c1ccc(OC(C)C)c(OC)c1. The first-order chi connectivity index (χ1) is 12.1. The minimum atomic E-state index is -0.0431. The van der Waals surface area contributed by atoms with Gasteiger partial charge in [0.15, 0.2) is 11.5 Å². The third-order valence-corrected chi connectivity index (χ3v) is 3.71. The van der Waals surface area contributed by atoms with Crippen molar-refractivity contribution in [3.63, 3.8) is 0 Å². The Labute approximate surface area is 151 Å². The lowest BCUT2D eigenvalue weighted by molar-refractivity contribution is -0.121. The van der Waals surface area contributed by atoms with Crippen LogP contribution in [0.4, 0.5) is 0 Å². The predicted molar refractivity (Wildman–Crippen MR) is 102 cm³/mol. The molecule has 5 nitrogen and oxygen atoms in total. The molecule has 0 fully saturated rings. The van der Waals surface area contributed by atoms with Gasteiger partial charge in [0, 0.05) is 6.42 Å². The van der Waals surface area contributed by atoms with Gasteiger partial charge in [-0.05, 0) is 44.0 Å². The Bertz CT molecular complexity index is 542. The van der Waals surface area contributed by atoms with E-state index in [0.717, 1.165) is 18.4 Å². The van der Waals surface area contributed by atoms with E-state index in [2.05, 4.69) is 17.5 Å². The van der Waals surface area contributed by atoms with Crippen LogP contribution in [0, 0.1) is 0 Å². The summed E-state index contributed by atoms with van der Waals surface area (Å²) in [6.07, 6.45) is 9.21. The normalized spacial score (nSPS) is 11.1. The molecule has 0 aliphatic rings. The number of benzene rings is 1. The molecule has 0 unspecified atom stereocenters. The number of hydrogen-bond donors (Lipinski definition) is 1. The van der Waals surface area contributed by atoms with Gasteiger partial charge in [-0.15, -0.1) is 0 Å². The molecule has 1 aromatic carbocycles. The fourth-order valence-electron chi connectivity index (χ4n) is 2.42. The number of methoxy groups -OCH3 is 1. The number of hydrazone groups is 1. The highest BCUT2D eigenvalue weighted by Crippen LogP contribution is 2.28. The van der Waals surface area contributed by atoms with Gasteiger partial charge < -0.3 is 9.47 Å². The van der Waals surface area contributed by atoms with Gasteiger partial charge in [0.25, 0.3) is 0 Å². The molecule has 5 heteroatoms. The summed E-state index contributed by atoms with van der Waals surface area (Å²) in [6, 6.07) is 5.56. The van der Waals surface area contributed by atoms with E-state index in [-0.39, 0.29) is 12.0 Å². The third kappa shape index (κ3) is 9.13. The number of carbonyl (C=O) groups is 1. The second-order valence-electron chi connectivity index (χ2n) is 6.39. The molecule has 1 rings (SSSR count). The van der Waals surface area contributed by atoms with Crippen LogP contribution in [0.1, 0.15) is 71.3 Å². The molecule has 0 spiro atoms. The highest BCUT2D eigenvalue weighted by Gasteiger charge is 2.06. The topological polar surface area (TPSA) is 59.9 Å². The van der Waals surface area contributed by atoms with E-state index in [0.29, 0.717) is 17.9 Å². The van der Waals surface area contributed by atoms with Crippen LogP contribution in [0.15, 0.2) is 23.3 Å². The van der Waals surface area contributed by atoms with Gasteiger partial charge in [-0.2, -0.15) is 5.10 Å². The molecule has 25 heavy (non-hydrogen) atoms. The minimum Gasteiger partial charge on any atom is -0.493 e. The number of rotatable bonds is 12. The Hall–Kier alpha value is -2.04. The van der Waals surface area contributed by atoms with Crippen molar-refractivity contribution in [3.8, 4) is 11.5 Å². The molecule has 0 saturated heterocycles. The van der Waals surface area contributed by atoms with Gasteiger partial charge in [-0.3, -0.25) is 4.79 Å². The molecule has 0 aliphatic heterocycles. The van der Waals surface area contributed by atoms with E-state index in [1.807, 2.05) is 32.0 Å². The van der Waals surface area contributed by atoms with Crippen molar-refractivity contribution in [1.82, 2.24) is 5.43 Å². The molecule has 0 heterocycles. The minimum absolute atomic E-state index is 0.0431. The molecule has 1 amide bonds. The average Bonchev–Trinajstić information content (AvgIpc) is 2.58. The zero-order chi connectivity index (χ0) is 18.5. The van der Waals surface area contributed by atoms with Gasteiger partial charge in [0.2, 0.25) is 5.91 Å². The Kier molecular flexibility index (Phi) is 10.4. The summed E-state index contributed by atoms with van der Waals surface area (Å²) in [5.74, 6) is 1.30. The van der Waals surface area contributed by atoms with Crippen molar-refractivity contribution in [2.45, 2.75) is 71.8 Å². The second kappa shape index (κ2) is 12.3. The molecular weight excluding hydrogens is 316 g/mol. The first-order valence-electron chi connectivity index (χ1n) is 9.23. The standard InChI is InChI=1S/C20H32N2O3/c1-5-6-7-8-9-10-11-20(23)22-21-15-17-12-13-18(25-16(2)3)19(14-17)24-4/h12-16H,5-11H2,1-4H3,(H,22,23)/b21-15+. The van der Waals surface area contributed by atoms with Crippen molar-refractivity contribution in [3.05, 3.63) is 23.8 Å². The molecule has 0 atom stereocenters. The van der Waals surface area contributed by atoms with Crippen molar-refractivity contribution in [1.29, 1.82) is 0 Å². The first kappa shape index (κ1) is 21.0. The van der Waals surface area contributed by atoms with Gasteiger partial charge in [-0.1, -0.05) is 39.0 Å². The van der Waals surface area contributed by atoms with Crippen LogP contribution in [0.3, 0.4) is 0 Å².